The number of anilines is 1. The van der Waals surface area contributed by atoms with Crippen molar-refractivity contribution in [1.29, 1.82) is 0 Å². The van der Waals surface area contributed by atoms with Crippen LogP contribution in [0.2, 0.25) is 5.02 Å². The van der Waals surface area contributed by atoms with Gasteiger partial charge in [-0.2, -0.15) is 0 Å². The molecule has 3 aromatic rings. The van der Waals surface area contributed by atoms with Crippen LogP contribution in [0.15, 0.2) is 47.0 Å². The fourth-order valence-electron chi connectivity index (χ4n) is 3.07. The Morgan fingerprint density at radius 3 is 2.92 bits per heavy atom. The van der Waals surface area contributed by atoms with Crippen LogP contribution in [0.4, 0.5) is 5.69 Å². The van der Waals surface area contributed by atoms with E-state index in [-0.39, 0.29) is 5.91 Å². The highest BCUT2D eigenvalue weighted by Crippen LogP contribution is 2.37. The number of methoxy groups -OCH3 is 1. The molecule has 1 amide bonds. The molecular weight excluding hydrogens is 340 g/mol. The lowest BCUT2D eigenvalue weighted by Gasteiger charge is -2.15. The number of hydrogen-bond donors (Lipinski definition) is 1. The first-order chi connectivity index (χ1) is 12.2. The summed E-state index contributed by atoms with van der Waals surface area (Å²) in [4.78, 5) is 12.6. The Balaban J connectivity index is 1.66. The number of aryl methyl sites for hydroxylation is 1. The molecule has 0 bridgehead atoms. The number of fused-ring (bicyclic) bond motifs is 3. The van der Waals surface area contributed by atoms with Crippen LogP contribution in [0, 0.1) is 0 Å². The molecule has 6 heteroatoms. The third-order valence-corrected chi connectivity index (χ3v) is 4.52. The van der Waals surface area contributed by atoms with E-state index in [9.17, 15) is 4.79 Å². The molecule has 1 heterocycles. The molecule has 0 unspecified atom stereocenters. The molecule has 0 saturated carbocycles. The maximum absolute atomic E-state index is 12.6. The van der Waals surface area contributed by atoms with Crippen molar-refractivity contribution in [3.05, 3.63) is 64.3 Å². The van der Waals surface area contributed by atoms with Crippen LogP contribution in [0.3, 0.4) is 0 Å². The van der Waals surface area contributed by atoms with Crippen molar-refractivity contribution < 1.29 is 14.1 Å². The molecule has 0 saturated heterocycles. The van der Waals surface area contributed by atoms with Gasteiger partial charge in [0, 0.05) is 21.8 Å². The van der Waals surface area contributed by atoms with E-state index < -0.39 is 0 Å². The topological polar surface area (TPSA) is 64.4 Å². The zero-order valence-electron chi connectivity index (χ0n) is 13.5. The average Bonchev–Trinajstić information content (AvgIpc) is 3.05. The Kier molecular flexibility index (Phi) is 3.93. The number of halogens is 1. The summed E-state index contributed by atoms with van der Waals surface area (Å²) in [5, 5.41) is 7.38. The van der Waals surface area contributed by atoms with Crippen LogP contribution in [0.1, 0.15) is 21.6 Å². The van der Waals surface area contributed by atoms with Gasteiger partial charge in [-0.1, -0.05) is 22.8 Å². The molecule has 0 atom stereocenters. The SMILES string of the molecule is COc1ccc2c(c1)CCc1c(C(=O)Nc3cccc(Cl)c3)noc1-2. The van der Waals surface area contributed by atoms with Gasteiger partial charge in [0.2, 0.25) is 0 Å². The first kappa shape index (κ1) is 15.7. The van der Waals surface area contributed by atoms with Crippen LogP contribution in [0.5, 0.6) is 5.75 Å². The summed E-state index contributed by atoms with van der Waals surface area (Å²) in [5.41, 5.74) is 3.85. The van der Waals surface area contributed by atoms with Crippen LogP contribution < -0.4 is 10.1 Å². The van der Waals surface area contributed by atoms with E-state index in [0.29, 0.717) is 28.6 Å². The normalized spacial score (nSPS) is 12.2. The summed E-state index contributed by atoms with van der Waals surface area (Å²) in [6.07, 6.45) is 1.50. The minimum atomic E-state index is -0.302. The average molecular weight is 355 g/mol. The molecule has 0 radical (unpaired) electrons. The number of carbonyl (C=O) groups is 1. The standard InChI is InChI=1S/C19H15ClN2O3/c1-24-14-6-8-15-11(9-14)5-7-16-17(22-25-18(15)16)19(23)21-13-4-2-3-12(20)10-13/h2-4,6,8-10H,5,7H2,1H3,(H,21,23). The van der Waals surface area contributed by atoms with Crippen LogP contribution >= 0.6 is 11.6 Å². The lowest BCUT2D eigenvalue weighted by molar-refractivity contribution is 0.101. The fourth-order valence-corrected chi connectivity index (χ4v) is 3.26. The summed E-state index contributed by atoms with van der Waals surface area (Å²) < 4.78 is 10.8. The second-order valence-electron chi connectivity index (χ2n) is 5.83. The minimum absolute atomic E-state index is 0.302. The van der Waals surface area contributed by atoms with Gasteiger partial charge in [-0.3, -0.25) is 4.79 Å². The molecule has 1 N–H and O–H groups in total. The minimum Gasteiger partial charge on any atom is -0.497 e. The highest BCUT2D eigenvalue weighted by molar-refractivity contribution is 6.31. The molecule has 2 aromatic carbocycles. The molecule has 0 fully saturated rings. The number of ether oxygens (including phenoxy) is 1. The largest absolute Gasteiger partial charge is 0.497 e. The number of aromatic nitrogens is 1. The summed E-state index contributed by atoms with van der Waals surface area (Å²) in [7, 11) is 1.64. The second-order valence-corrected chi connectivity index (χ2v) is 6.26. The number of amides is 1. The predicted molar refractivity (Wildman–Crippen MR) is 95.3 cm³/mol. The fraction of sp³-hybridized carbons (Fsp3) is 0.158. The maximum atomic E-state index is 12.6. The number of benzene rings is 2. The maximum Gasteiger partial charge on any atom is 0.278 e. The third kappa shape index (κ3) is 2.87. The van der Waals surface area contributed by atoms with E-state index in [1.807, 2.05) is 18.2 Å². The molecule has 25 heavy (non-hydrogen) atoms. The quantitative estimate of drug-likeness (QED) is 0.759. The van der Waals surface area contributed by atoms with Crippen molar-refractivity contribution in [3.8, 4) is 17.1 Å². The van der Waals surface area contributed by atoms with Gasteiger partial charge in [-0.05, 0) is 54.8 Å². The molecule has 1 aromatic heterocycles. The van der Waals surface area contributed by atoms with Gasteiger partial charge in [-0.25, -0.2) is 0 Å². The van der Waals surface area contributed by atoms with Gasteiger partial charge in [0.05, 0.1) is 7.11 Å². The molecule has 126 valence electrons. The van der Waals surface area contributed by atoms with E-state index >= 15 is 0 Å². The van der Waals surface area contributed by atoms with Crippen molar-refractivity contribution in [1.82, 2.24) is 5.16 Å². The van der Waals surface area contributed by atoms with Gasteiger partial charge >= 0.3 is 0 Å². The second kappa shape index (κ2) is 6.26. The Hall–Kier alpha value is -2.79. The van der Waals surface area contributed by atoms with Crippen LogP contribution in [-0.4, -0.2) is 18.2 Å². The molecule has 4 rings (SSSR count). The van der Waals surface area contributed by atoms with Crippen LogP contribution in [0.25, 0.3) is 11.3 Å². The summed E-state index contributed by atoms with van der Waals surface area (Å²) >= 11 is 5.95. The van der Waals surface area contributed by atoms with Gasteiger partial charge in [-0.15, -0.1) is 0 Å². The van der Waals surface area contributed by atoms with Crippen molar-refractivity contribution in [2.45, 2.75) is 12.8 Å². The number of nitrogens with zero attached hydrogens (tertiary/aromatic N) is 1. The van der Waals surface area contributed by atoms with Crippen molar-refractivity contribution in [2.24, 2.45) is 0 Å². The zero-order chi connectivity index (χ0) is 17.4. The molecular formula is C19H15ClN2O3. The lowest BCUT2D eigenvalue weighted by atomic mass is 9.89. The Morgan fingerprint density at radius 1 is 1.24 bits per heavy atom. The smallest absolute Gasteiger partial charge is 0.278 e. The van der Waals surface area contributed by atoms with Gasteiger partial charge in [0.15, 0.2) is 11.5 Å². The number of nitrogens with one attached hydrogen (secondary N) is 1. The third-order valence-electron chi connectivity index (χ3n) is 4.29. The van der Waals surface area contributed by atoms with Crippen molar-refractivity contribution in [2.75, 3.05) is 12.4 Å². The molecule has 5 nitrogen and oxygen atoms in total. The van der Waals surface area contributed by atoms with Gasteiger partial charge in [0.1, 0.15) is 5.75 Å². The van der Waals surface area contributed by atoms with E-state index in [1.54, 1.807) is 31.4 Å². The van der Waals surface area contributed by atoms with Gasteiger partial charge in [0.25, 0.3) is 5.91 Å². The van der Waals surface area contributed by atoms with Crippen LogP contribution in [-0.2, 0) is 12.8 Å². The summed E-state index contributed by atoms with van der Waals surface area (Å²) in [5.74, 6) is 1.16. The van der Waals surface area contributed by atoms with E-state index in [2.05, 4.69) is 10.5 Å². The van der Waals surface area contributed by atoms with E-state index in [1.165, 1.54) is 0 Å². The lowest BCUT2D eigenvalue weighted by Crippen LogP contribution is -2.15. The predicted octanol–water partition coefficient (Wildman–Crippen LogP) is 4.35. The molecule has 0 aliphatic heterocycles. The molecule has 0 spiro atoms. The number of rotatable bonds is 3. The zero-order valence-corrected chi connectivity index (χ0v) is 14.3. The highest BCUT2D eigenvalue weighted by atomic mass is 35.5. The summed E-state index contributed by atoms with van der Waals surface area (Å²) in [6, 6.07) is 12.8. The van der Waals surface area contributed by atoms with Crippen molar-refractivity contribution >= 4 is 23.2 Å². The first-order valence-electron chi connectivity index (χ1n) is 7.88. The number of carbonyl (C=O) groups excluding carboxylic acids is 1. The first-order valence-corrected chi connectivity index (χ1v) is 8.26. The van der Waals surface area contributed by atoms with E-state index in [4.69, 9.17) is 20.9 Å². The van der Waals surface area contributed by atoms with Crippen molar-refractivity contribution in [3.63, 3.8) is 0 Å². The Morgan fingerprint density at radius 2 is 2.12 bits per heavy atom. The molecule has 1 aliphatic rings. The number of hydrogen-bond acceptors (Lipinski definition) is 4. The van der Waals surface area contributed by atoms with Gasteiger partial charge < -0.3 is 14.6 Å². The molecule has 1 aliphatic carbocycles. The van der Waals surface area contributed by atoms with E-state index in [0.717, 1.165) is 28.9 Å². The summed E-state index contributed by atoms with van der Waals surface area (Å²) in [6.45, 7) is 0. The Bertz CT molecular complexity index is 965. The highest BCUT2D eigenvalue weighted by Gasteiger charge is 2.27. The monoisotopic (exact) mass is 354 g/mol. The Labute approximate surface area is 149 Å².